The van der Waals surface area contributed by atoms with Crippen molar-refractivity contribution in [3.05, 3.63) is 36.2 Å². The summed E-state index contributed by atoms with van der Waals surface area (Å²) < 4.78 is 5.63. The van der Waals surface area contributed by atoms with Crippen LogP contribution < -0.4 is 10.1 Å². The lowest BCUT2D eigenvalue weighted by Gasteiger charge is -2.07. The Bertz CT molecular complexity index is 546. The monoisotopic (exact) mass is 257 g/mol. The zero-order valence-corrected chi connectivity index (χ0v) is 11.1. The molecule has 1 aliphatic rings. The van der Waals surface area contributed by atoms with Crippen molar-refractivity contribution in [1.29, 1.82) is 0 Å². The second kappa shape index (κ2) is 5.45. The van der Waals surface area contributed by atoms with Gasteiger partial charge in [0, 0.05) is 24.5 Å². The first-order valence-electron chi connectivity index (χ1n) is 6.86. The summed E-state index contributed by atoms with van der Waals surface area (Å²) in [4.78, 5) is 7.81. The largest absolute Gasteiger partial charge is 0.493 e. The van der Waals surface area contributed by atoms with Crippen molar-refractivity contribution >= 4 is 0 Å². The Balaban J connectivity index is 1.77. The van der Waals surface area contributed by atoms with E-state index in [1.54, 1.807) is 0 Å². The molecule has 0 amide bonds. The van der Waals surface area contributed by atoms with E-state index in [-0.39, 0.29) is 0 Å². The van der Waals surface area contributed by atoms with Crippen molar-refractivity contribution in [2.75, 3.05) is 6.61 Å². The molecule has 1 saturated carbocycles. The molecule has 1 aliphatic carbocycles. The highest BCUT2D eigenvalue weighted by atomic mass is 16.5. The molecular weight excluding hydrogens is 238 g/mol. The van der Waals surface area contributed by atoms with E-state index in [1.165, 1.54) is 12.8 Å². The first-order chi connectivity index (χ1) is 9.36. The van der Waals surface area contributed by atoms with E-state index in [0.29, 0.717) is 12.6 Å². The number of hydrogen-bond donors (Lipinski definition) is 2. The molecule has 0 unspecified atom stereocenters. The molecule has 0 atom stereocenters. The molecule has 0 saturated heterocycles. The van der Waals surface area contributed by atoms with Crippen LogP contribution in [-0.4, -0.2) is 22.6 Å². The lowest BCUT2D eigenvalue weighted by atomic mass is 10.2. The van der Waals surface area contributed by atoms with E-state index in [4.69, 9.17) is 4.74 Å². The summed E-state index contributed by atoms with van der Waals surface area (Å²) in [7, 11) is 0. The third-order valence-electron chi connectivity index (χ3n) is 3.23. The predicted octanol–water partition coefficient (Wildman–Crippen LogP) is 2.73. The van der Waals surface area contributed by atoms with Crippen molar-refractivity contribution in [3.63, 3.8) is 0 Å². The summed E-state index contributed by atoms with van der Waals surface area (Å²) in [6, 6.07) is 8.70. The summed E-state index contributed by atoms with van der Waals surface area (Å²) in [6.07, 6.45) is 4.50. The fraction of sp³-hybridized carbons (Fsp3) is 0.400. The number of para-hydroxylation sites is 1. The molecular formula is C15H19N3O. The van der Waals surface area contributed by atoms with Gasteiger partial charge in [0.15, 0.2) is 0 Å². The summed E-state index contributed by atoms with van der Waals surface area (Å²) in [5, 5.41) is 3.47. The topological polar surface area (TPSA) is 49.9 Å². The van der Waals surface area contributed by atoms with Gasteiger partial charge in [-0.3, -0.25) is 0 Å². The lowest BCUT2D eigenvalue weighted by molar-refractivity contribution is 0.341. The Hall–Kier alpha value is -1.81. The van der Waals surface area contributed by atoms with Gasteiger partial charge in [-0.1, -0.05) is 12.1 Å². The molecule has 3 rings (SSSR count). The van der Waals surface area contributed by atoms with Gasteiger partial charge < -0.3 is 15.0 Å². The van der Waals surface area contributed by atoms with Crippen LogP contribution >= 0.6 is 0 Å². The smallest absolute Gasteiger partial charge is 0.141 e. The third-order valence-corrected chi connectivity index (χ3v) is 3.23. The van der Waals surface area contributed by atoms with E-state index in [9.17, 15) is 0 Å². The van der Waals surface area contributed by atoms with Crippen molar-refractivity contribution in [1.82, 2.24) is 15.3 Å². The highest BCUT2D eigenvalue weighted by Crippen LogP contribution is 2.27. The summed E-state index contributed by atoms with van der Waals surface area (Å²) in [6.45, 7) is 3.51. The Kier molecular flexibility index (Phi) is 3.51. The molecule has 1 heterocycles. The molecule has 0 aliphatic heterocycles. The second-order valence-corrected chi connectivity index (χ2v) is 4.84. The SMILES string of the molecule is CCOc1ccccc1-c1ncc(CNC2CC2)[nH]1. The number of ether oxygens (including phenoxy) is 1. The molecule has 1 fully saturated rings. The molecule has 100 valence electrons. The molecule has 1 aromatic carbocycles. The fourth-order valence-electron chi connectivity index (χ4n) is 2.07. The van der Waals surface area contributed by atoms with Crippen LogP contribution in [0.4, 0.5) is 0 Å². The van der Waals surface area contributed by atoms with E-state index < -0.39 is 0 Å². The minimum absolute atomic E-state index is 0.661. The maximum absolute atomic E-state index is 5.63. The molecule has 2 N–H and O–H groups in total. The Morgan fingerprint density at radius 1 is 1.37 bits per heavy atom. The molecule has 0 bridgehead atoms. The Labute approximate surface area is 113 Å². The first-order valence-corrected chi connectivity index (χ1v) is 6.86. The summed E-state index contributed by atoms with van der Waals surface area (Å²) in [5.41, 5.74) is 2.13. The van der Waals surface area contributed by atoms with Gasteiger partial charge in [-0.15, -0.1) is 0 Å². The zero-order chi connectivity index (χ0) is 13.1. The fourth-order valence-corrected chi connectivity index (χ4v) is 2.07. The van der Waals surface area contributed by atoms with Gasteiger partial charge in [-0.05, 0) is 31.9 Å². The zero-order valence-electron chi connectivity index (χ0n) is 11.1. The number of hydrogen-bond acceptors (Lipinski definition) is 3. The number of benzene rings is 1. The van der Waals surface area contributed by atoms with Gasteiger partial charge in [0.25, 0.3) is 0 Å². The van der Waals surface area contributed by atoms with Crippen molar-refractivity contribution < 1.29 is 4.74 Å². The molecule has 2 aromatic rings. The first kappa shape index (κ1) is 12.2. The predicted molar refractivity (Wildman–Crippen MR) is 75.1 cm³/mol. The number of nitrogens with one attached hydrogen (secondary N) is 2. The van der Waals surface area contributed by atoms with E-state index in [1.807, 2.05) is 37.4 Å². The lowest BCUT2D eigenvalue weighted by Crippen LogP contribution is -2.15. The average molecular weight is 257 g/mol. The number of nitrogens with zero attached hydrogens (tertiary/aromatic N) is 1. The Morgan fingerprint density at radius 2 is 2.21 bits per heavy atom. The maximum Gasteiger partial charge on any atom is 0.141 e. The maximum atomic E-state index is 5.63. The number of rotatable bonds is 6. The van der Waals surface area contributed by atoms with E-state index in [0.717, 1.165) is 29.4 Å². The third kappa shape index (κ3) is 2.96. The van der Waals surface area contributed by atoms with Gasteiger partial charge in [-0.25, -0.2) is 4.98 Å². The molecule has 1 aromatic heterocycles. The van der Waals surface area contributed by atoms with E-state index >= 15 is 0 Å². The quantitative estimate of drug-likeness (QED) is 0.836. The van der Waals surface area contributed by atoms with Crippen LogP contribution in [0, 0.1) is 0 Å². The van der Waals surface area contributed by atoms with Gasteiger partial charge in [0.05, 0.1) is 12.2 Å². The average Bonchev–Trinajstić information content (AvgIpc) is 3.15. The van der Waals surface area contributed by atoms with Crippen molar-refractivity contribution in [3.8, 4) is 17.1 Å². The van der Waals surface area contributed by atoms with Crippen LogP contribution in [0.25, 0.3) is 11.4 Å². The van der Waals surface area contributed by atoms with Gasteiger partial charge in [0.1, 0.15) is 11.6 Å². The van der Waals surface area contributed by atoms with Crippen molar-refractivity contribution in [2.45, 2.75) is 32.4 Å². The second-order valence-electron chi connectivity index (χ2n) is 4.84. The van der Waals surface area contributed by atoms with Crippen LogP contribution in [0.15, 0.2) is 30.5 Å². The van der Waals surface area contributed by atoms with Crippen LogP contribution in [0.3, 0.4) is 0 Å². The van der Waals surface area contributed by atoms with Gasteiger partial charge in [0.2, 0.25) is 0 Å². The van der Waals surface area contributed by atoms with Crippen LogP contribution in [0.5, 0.6) is 5.75 Å². The Morgan fingerprint density at radius 3 is 3.00 bits per heavy atom. The molecule has 0 spiro atoms. The van der Waals surface area contributed by atoms with Gasteiger partial charge >= 0.3 is 0 Å². The molecule has 4 heteroatoms. The number of imidazole rings is 1. The number of aromatic nitrogens is 2. The normalized spacial score (nSPS) is 14.6. The van der Waals surface area contributed by atoms with Gasteiger partial charge in [-0.2, -0.15) is 0 Å². The highest BCUT2D eigenvalue weighted by Gasteiger charge is 2.20. The van der Waals surface area contributed by atoms with Crippen LogP contribution in [0.1, 0.15) is 25.5 Å². The highest BCUT2D eigenvalue weighted by molar-refractivity contribution is 5.64. The molecule has 4 nitrogen and oxygen atoms in total. The molecule has 0 radical (unpaired) electrons. The summed E-state index contributed by atoms with van der Waals surface area (Å²) >= 11 is 0. The van der Waals surface area contributed by atoms with Crippen LogP contribution in [-0.2, 0) is 6.54 Å². The minimum Gasteiger partial charge on any atom is -0.493 e. The molecule has 19 heavy (non-hydrogen) atoms. The minimum atomic E-state index is 0.661. The number of H-pyrrole nitrogens is 1. The standard InChI is InChI=1S/C15H19N3O/c1-2-19-14-6-4-3-5-13(14)15-17-10-12(18-15)9-16-11-7-8-11/h3-6,10-11,16H,2,7-9H2,1H3,(H,17,18). The van der Waals surface area contributed by atoms with Crippen LogP contribution in [0.2, 0.25) is 0 Å². The van der Waals surface area contributed by atoms with E-state index in [2.05, 4.69) is 15.3 Å². The van der Waals surface area contributed by atoms with Crippen molar-refractivity contribution in [2.24, 2.45) is 0 Å². The number of aromatic amines is 1. The summed E-state index contributed by atoms with van der Waals surface area (Å²) in [5.74, 6) is 1.75.